The van der Waals surface area contributed by atoms with Crippen LogP contribution in [0.25, 0.3) is 0 Å². The minimum absolute atomic E-state index is 0.0905. The van der Waals surface area contributed by atoms with Crippen LogP contribution in [-0.4, -0.2) is 21.4 Å². The highest BCUT2D eigenvalue weighted by atomic mass is 32.1. The van der Waals surface area contributed by atoms with Crippen LogP contribution in [0.1, 0.15) is 43.7 Å². The number of carbonyl (C=O) groups excluding carboxylic acids is 1. The van der Waals surface area contributed by atoms with E-state index in [-0.39, 0.29) is 16.9 Å². The van der Waals surface area contributed by atoms with Gasteiger partial charge in [0.25, 0.3) is 0 Å². The molecule has 1 aromatic rings. The summed E-state index contributed by atoms with van der Waals surface area (Å²) in [4.78, 5) is 22.1. The van der Waals surface area contributed by atoms with Gasteiger partial charge in [-0.05, 0) is 11.5 Å². The summed E-state index contributed by atoms with van der Waals surface area (Å²) in [5.41, 5.74) is 0.224. The van der Waals surface area contributed by atoms with Crippen LogP contribution in [0.4, 0.5) is 5.00 Å². The second kappa shape index (κ2) is 4.21. The van der Waals surface area contributed by atoms with Gasteiger partial charge in [-0.1, -0.05) is 20.8 Å². The van der Waals surface area contributed by atoms with Crippen LogP contribution in [0.5, 0.6) is 0 Å². The van der Waals surface area contributed by atoms with Crippen LogP contribution in [0.2, 0.25) is 0 Å². The lowest BCUT2D eigenvalue weighted by Gasteiger charge is -2.16. The molecule has 2 N–H and O–H groups in total. The lowest BCUT2D eigenvalue weighted by Crippen LogP contribution is -2.17. The first-order valence-corrected chi connectivity index (χ1v) is 5.52. The fourth-order valence-corrected chi connectivity index (χ4v) is 2.26. The third-order valence-corrected chi connectivity index (χ3v) is 2.67. The van der Waals surface area contributed by atoms with E-state index in [1.165, 1.54) is 6.92 Å². The van der Waals surface area contributed by atoms with E-state index in [2.05, 4.69) is 9.69 Å². The van der Waals surface area contributed by atoms with Crippen LogP contribution in [0.3, 0.4) is 0 Å². The number of aromatic nitrogens is 1. The van der Waals surface area contributed by atoms with Crippen molar-refractivity contribution in [3.8, 4) is 0 Å². The number of anilines is 1. The van der Waals surface area contributed by atoms with Gasteiger partial charge >= 0.3 is 5.97 Å². The van der Waals surface area contributed by atoms with Gasteiger partial charge in [-0.25, -0.2) is 4.79 Å². The summed E-state index contributed by atoms with van der Waals surface area (Å²) in [6.07, 6.45) is 0. The largest absolute Gasteiger partial charge is 0.478 e. The van der Waals surface area contributed by atoms with Crippen LogP contribution in [-0.2, 0) is 10.2 Å². The van der Waals surface area contributed by atoms with Gasteiger partial charge < -0.3 is 10.4 Å². The SMILES string of the molecule is CC(=O)Nc1snc(C(C)(C)C)c1C(=O)O. The molecule has 88 valence electrons. The topological polar surface area (TPSA) is 79.3 Å². The third-order valence-electron chi connectivity index (χ3n) is 1.91. The highest BCUT2D eigenvalue weighted by Gasteiger charge is 2.28. The Bertz CT molecular complexity index is 432. The summed E-state index contributed by atoms with van der Waals surface area (Å²) in [5.74, 6) is -1.37. The molecule has 0 aromatic carbocycles. The summed E-state index contributed by atoms with van der Waals surface area (Å²) in [6, 6.07) is 0. The zero-order valence-corrected chi connectivity index (χ0v) is 10.4. The summed E-state index contributed by atoms with van der Waals surface area (Å²) in [5, 5.41) is 11.9. The Morgan fingerprint density at radius 2 is 1.94 bits per heavy atom. The predicted molar refractivity (Wildman–Crippen MR) is 62.1 cm³/mol. The van der Waals surface area contributed by atoms with Gasteiger partial charge in [-0.15, -0.1) is 0 Å². The van der Waals surface area contributed by atoms with Gasteiger partial charge in [0.2, 0.25) is 5.91 Å². The molecule has 0 aliphatic rings. The molecule has 0 saturated carbocycles. The molecule has 6 heteroatoms. The molecule has 0 atom stereocenters. The first-order chi connectivity index (χ1) is 7.23. The molecular formula is C10H14N2O3S. The normalized spacial score (nSPS) is 11.2. The highest BCUT2D eigenvalue weighted by molar-refractivity contribution is 7.11. The van der Waals surface area contributed by atoms with E-state index < -0.39 is 5.97 Å². The first-order valence-electron chi connectivity index (χ1n) is 4.74. The standard InChI is InChI=1S/C10H14N2O3S/c1-5(13)11-8-6(9(14)15)7(12-16-8)10(2,3)4/h1-4H3,(H,11,13)(H,14,15). The second-order valence-corrected chi connectivity index (χ2v) is 5.25. The van der Waals surface area contributed by atoms with E-state index in [1.54, 1.807) is 0 Å². The van der Waals surface area contributed by atoms with E-state index in [4.69, 9.17) is 5.11 Å². The van der Waals surface area contributed by atoms with Gasteiger partial charge in [0.05, 0.1) is 5.69 Å². The molecule has 1 amide bonds. The molecular weight excluding hydrogens is 228 g/mol. The van der Waals surface area contributed by atoms with Crippen molar-refractivity contribution in [1.82, 2.24) is 4.37 Å². The molecule has 1 aromatic heterocycles. The number of nitrogens with zero attached hydrogens (tertiary/aromatic N) is 1. The summed E-state index contributed by atoms with van der Waals surface area (Å²) < 4.78 is 4.11. The average Bonchev–Trinajstić information content (AvgIpc) is 2.45. The second-order valence-electron chi connectivity index (χ2n) is 4.47. The molecule has 0 bridgehead atoms. The van der Waals surface area contributed by atoms with Gasteiger partial charge in [0, 0.05) is 12.3 Å². The number of nitrogens with one attached hydrogen (secondary N) is 1. The number of hydrogen-bond donors (Lipinski definition) is 2. The van der Waals surface area contributed by atoms with Gasteiger partial charge in [-0.2, -0.15) is 4.37 Å². The number of carboxylic acid groups (broad SMARTS) is 1. The fraction of sp³-hybridized carbons (Fsp3) is 0.500. The van der Waals surface area contributed by atoms with Crippen LogP contribution >= 0.6 is 11.5 Å². The van der Waals surface area contributed by atoms with Crippen LogP contribution in [0, 0.1) is 0 Å². The van der Waals surface area contributed by atoms with Crippen molar-refractivity contribution >= 4 is 28.4 Å². The van der Waals surface area contributed by atoms with Gasteiger partial charge in [0.15, 0.2) is 0 Å². The molecule has 5 nitrogen and oxygen atoms in total. The molecule has 0 radical (unpaired) electrons. The van der Waals surface area contributed by atoms with Crippen molar-refractivity contribution in [1.29, 1.82) is 0 Å². The maximum Gasteiger partial charge on any atom is 0.340 e. The predicted octanol–water partition coefficient (Wildman–Crippen LogP) is 2.10. The lowest BCUT2D eigenvalue weighted by atomic mass is 9.89. The molecule has 0 fully saturated rings. The molecule has 0 aliphatic carbocycles. The summed E-state index contributed by atoms with van der Waals surface area (Å²) >= 11 is 0.997. The Hall–Kier alpha value is -1.43. The average molecular weight is 242 g/mol. The fourth-order valence-electron chi connectivity index (χ4n) is 1.25. The third kappa shape index (κ3) is 2.57. The molecule has 1 rings (SSSR count). The van der Waals surface area contributed by atoms with Gasteiger partial charge in [-0.3, -0.25) is 4.79 Å². The smallest absolute Gasteiger partial charge is 0.340 e. The zero-order valence-electron chi connectivity index (χ0n) is 9.62. The number of carboxylic acids is 1. The van der Waals surface area contributed by atoms with Crippen molar-refractivity contribution < 1.29 is 14.7 Å². The lowest BCUT2D eigenvalue weighted by molar-refractivity contribution is -0.114. The van der Waals surface area contributed by atoms with Gasteiger partial charge in [0.1, 0.15) is 10.6 Å². The minimum Gasteiger partial charge on any atom is -0.478 e. The van der Waals surface area contributed by atoms with E-state index in [1.807, 2.05) is 20.8 Å². The van der Waals surface area contributed by atoms with Crippen LogP contribution in [0.15, 0.2) is 0 Å². The molecule has 1 heterocycles. The maximum atomic E-state index is 11.1. The maximum absolute atomic E-state index is 11.1. The summed E-state index contributed by atoms with van der Waals surface area (Å²) in [6.45, 7) is 6.98. The molecule has 0 spiro atoms. The van der Waals surface area contributed by atoms with E-state index in [0.29, 0.717) is 10.7 Å². The molecule has 0 saturated heterocycles. The monoisotopic (exact) mass is 242 g/mol. The van der Waals surface area contributed by atoms with E-state index >= 15 is 0 Å². The first kappa shape index (κ1) is 12.6. The van der Waals surface area contributed by atoms with Crippen molar-refractivity contribution in [2.45, 2.75) is 33.1 Å². The molecule has 0 unspecified atom stereocenters. The van der Waals surface area contributed by atoms with E-state index in [9.17, 15) is 9.59 Å². The summed E-state index contributed by atoms with van der Waals surface area (Å²) in [7, 11) is 0. The zero-order chi connectivity index (χ0) is 12.5. The Balaban J connectivity index is 3.28. The highest BCUT2D eigenvalue weighted by Crippen LogP contribution is 2.33. The van der Waals surface area contributed by atoms with Crippen molar-refractivity contribution in [2.75, 3.05) is 5.32 Å². The number of rotatable bonds is 2. The number of amides is 1. The Morgan fingerprint density at radius 3 is 2.31 bits per heavy atom. The Kier molecular flexibility index (Phi) is 3.32. The minimum atomic E-state index is -1.07. The molecule has 0 aliphatic heterocycles. The Labute approximate surface area is 97.7 Å². The van der Waals surface area contributed by atoms with E-state index in [0.717, 1.165) is 11.5 Å². The van der Waals surface area contributed by atoms with Crippen molar-refractivity contribution in [2.24, 2.45) is 0 Å². The molecule has 16 heavy (non-hydrogen) atoms. The van der Waals surface area contributed by atoms with Crippen LogP contribution < -0.4 is 5.32 Å². The Morgan fingerprint density at radius 1 is 1.38 bits per heavy atom. The number of carbonyl (C=O) groups is 2. The quantitative estimate of drug-likeness (QED) is 0.832. The number of hydrogen-bond acceptors (Lipinski definition) is 4. The number of aromatic carboxylic acids is 1. The van der Waals surface area contributed by atoms with Crippen molar-refractivity contribution in [3.63, 3.8) is 0 Å². The van der Waals surface area contributed by atoms with Crippen molar-refractivity contribution in [3.05, 3.63) is 11.3 Å².